The van der Waals surface area contributed by atoms with E-state index in [1.807, 2.05) is 19.1 Å². The van der Waals surface area contributed by atoms with Gasteiger partial charge in [0.25, 0.3) is 0 Å². The highest BCUT2D eigenvalue weighted by Gasteiger charge is 2.09. The molecular weight excluding hydrogens is 239 g/mol. The van der Waals surface area contributed by atoms with Crippen LogP contribution in [0, 0.1) is 5.82 Å². The van der Waals surface area contributed by atoms with Gasteiger partial charge in [0.05, 0.1) is 6.20 Å². The molecule has 0 aliphatic carbocycles. The number of benzene rings is 1. The van der Waals surface area contributed by atoms with Crippen LogP contribution < -0.4 is 5.73 Å². The van der Waals surface area contributed by atoms with E-state index in [2.05, 4.69) is 4.98 Å². The lowest BCUT2D eigenvalue weighted by molar-refractivity contribution is 0.625. The average Bonchev–Trinajstić information content (AvgIpc) is 2.29. The van der Waals surface area contributed by atoms with Gasteiger partial charge in [-0.2, -0.15) is 0 Å². The van der Waals surface area contributed by atoms with Gasteiger partial charge in [0.1, 0.15) is 5.82 Å². The molecule has 1 heterocycles. The lowest BCUT2D eigenvalue weighted by atomic mass is 10.0. The fraction of sp³-hybridized carbons (Fsp3) is 0.154. The maximum absolute atomic E-state index is 13.5. The second-order valence-corrected chi connectivity index (χ2v) is 4.29. The summed E-state index contributed by atoms with van der Waals surface area (Å²) >= 11 is 6.11. The molecule has 4 heteroatoms. The third kappa shape index (κ3) is 2.46. The Hall–Kier alpha value is -1.45. The van der Waals surface area contributed by atoms with E-state index in [4.69, 9.17) is 17.3 Å². The zero-order valence-electron chi connectivity index (χ0n) is 9.32. The van der Waals surface area contributed by atoms with Crippen molar-refractivity contribution in [1.82, 2.24) is 4.98 Å². The molecule has 0 fully saturated rings. The Morgan fingerprint density at radius 1 is 1.35 bits per heavy atom. The zero-order valence-corrected chi connectivity index (χ0v) is 10.1. The van der Waals surface area contributed by atoms with Crippen molar-refractivity contribution in [3.63, 3.8) is 0 Å². The Morgan fingerprint density at radius 2 is 2.12 bits per heavy atom. The van der Waals surface area contributed by atoms with Gasteiger partial charge in [-0.1, -0.05) is 23.7 Å². The first-order chi connectivity index (χ1) is 8.09. The van der Waals surface area contributed by atoms with E-state index in [1.54, 1.807) is 18.3 Å². The van der Waals surface area contributed by atoms with Crippen LogP contribution in [0.15, 0.2) is 36.7 Å². The number of hydrogen-bond donors (Lipinski definition) is 1. The lowest BCUT2D eigenvalue weighted by Crippen LogP contribution is -2.05. The zero-order chi connectivity index (χ0) is 12.4. The molecule has 0 amide bonds. The Morgan fingerprint density at radius 3 is 2.71 bits per heavy atom. The predicted molar refractivity (Wildman–Crippen MR) is 67.2 cm³/mol. The molecular formula is C13H12ClFN2. The van der Waals surface area contributed by atoms with Crippen LogP contribution >= 0.6 is 11.6 Å². The highest BCUT2D eigenvalue weighted by molar-refractivity contribution is 6.31. The number of hydrogen-bond acceptors (Lipinski definition) is 2. The minimum absolute atomic E-state index is 0.140. The van der Waals surface area contributed by atoms with Gasteiger partial charge in [-0.3, -0.25) is 4.98 Å². The summed E-state index contributed by atoms with van der Waals surface area (Å²) < 4.78 is 13.5. The number of rotatable bonds is 2. The van der Waals surface area contributed by atoms with Gasteiger partial charge in [-0.25, -0.2) is 4.39 Å². The first-order valence-corrected chi connectivity index (χ1v) is 5.62. The first kappa shape index (κ1) is 12.0. The molecule has 2 rings (SSSR count). The lowest BCUT2D eigenvalue weighted by Gasteiger charge is -2.10. The van der Waals surface area contributed by atoms with Crippen molar-refractivity contribution in [3.8, 4) is 11.1 Å². The van der Waals surface area contributed by atoms with E-state index in [1.165, 1.54) is 6.20 Å². The summed E-state index contributed by atoms with van der Waals surface area (Å²) in [5.41, 5.74) is 7.82. The van der Waals surface area contributed by atoms with Gasteiger partial charge >= 0.3 is 0 Å². The molecule has 0 saturated carbocycles. The van der Waals surface area contributed by atoms with Gasteiger partial charge in [0, 0.05) is 22.8 Å². The van der Waals surface area contributed by atoms with Gasteiger partial charge in [0.2, 0.25) is 0 Å². The molecule has 1 aromatic heterocycles. The highest BCUT2D eigenvalue weighted by atomic mass is 35.5. The van der Waals surface area contributed by atoms with E-state index in [9.17, 15) is 4.39 Å². The number of aromatic nitrogens is 1. The molecule has 0 bridgehead atoms. The van der Waals surface area contributed by atoms with Crippen LogP contribution in [-0.4, -0.2) is 4.98 Å². The molecule has 0 aliphatic heterocycles. The molecule has 1 unspecified atom stereocenters. The largest absolute Gasteiger partial charge is 0.324 e. The fourth-order valence-corrected chi connectivity index (χ4v) is 2.03. The smallest absolute Gasteiger partial charge is 0.149 e. The molecule has 0 spiro atoms. The van der Waals surface area contributed by atoms with Crippen molar-refractivity contribution < 1.29 is 4.39 Å². The first-order valence-electron chi connectivity index (χ1n) is 5.24. The fourth-order valence-electron chi connectivity index (χ4n) is 1.67. The maximum Gasteiger partial charge on any atom is 0.149 e. The van der Waals surface area contributed by atoms with E-state index >= 15 is 0 Å². The second kappa shape index (κ2) is 4.82. The van der Waals surface area contributed by atoms with E-state index < -0.39 is 0 Å². The Kier molecular flexibility index (Phi) is 3.41. The van der Waals surface area contributed by atoms with Crippen LogP contribution in [0.1, 0.15) is 18.5 Å². The van der Waals surface area contributed by atoms with Crippen molar-refractivity contribution in [2.45, 2.75) is 13.0 Å². The van der Waals surface area contributed by atoms with Crippen molar-refractivity contribution in [2.24, 2.45) is 5.73 Å². The Labute approximate surface area is 104 Å². The number of nitrogens with zero attached hydrogens (tertiary/aromatic N) is 1. The summed E-state index contributed by atoms with van der Waals surface area (Å²) in [7, 11) is 0. The molecule has 2 aromatic rings. The molecule has 2 N–H and O–H groups in total. The average molecular weight is 251 g/mol. The third-order valence-electron chi connectivity index (χ3n) is 2.57. The standard InChI is InChI=1S/C13H12ClFN2/c1-8(16)10-3-2-9(6-12(10)14)11-4-5-17-7-13(11)15/h2-8H,16H2,1H3. The number of halogens is 2. The number of nitrogens with two attached hydrogens (primary N) is 1. The molecule has 1 aromatic carbocycles. The SMILES string of the molecule is CC(N)c1ccc(-c2ccncc2F)cc1Cl. The number of pyridine rings is 1. The molecule has 0 radical (unpaired) electrons. The summed E-state index contributed by atoms with van der Waals surface area (Å²) in [4.78, 5) is 3.71. The molecule has 0 saturated heterocycles. The quantitative estimate of drug-likeness (QED) is 0.885. The summed E-state index contributed by atoms with van der Waals surface area (Å²) in [5.74, 6) is -0.364. The minimum atomic E-state index is -0.364. The van der Waals surface area contributed by atoms with Crippen molar-refractivity contribution in [1.29, 1.82) is 0 Å². The maximum atomic E-state index is 13.5. The monoisotopic (exact) mass is 250 g/mol. The van der Waals surface area contributed by atoms with Gasteiger partial charge in [-0.15, -0.1) is 0 Å². The Balaban J connectivity index is 2.49. The van der Waals surface area contributed by atoms with Crippen LogP contribution in [0.25, 0.3) is 11.1 Å². The van der Waals surface area contributed by atoms with Crippen LogP contribution in [0.4, 0.5) is 4.39 Å². The molecule has 1 atom stereocenters. The normalized spacial score (nSPS) is 12.5. The highest BCUT2D eigenvalue weighted by Crippen LogP contribution is 2.29. The van der Waals surface area contributed by atoms with Crippen LogP contribution in [-0.2, 0) is 0 Å². The van der Waals surface area contributed by atoms with E-state index in [-0.39, 0.29) is 11.9 Å². The molecule has 17 heavy (non-hydrogen) atoms. The van der Waals surface area contributed by atoms with Crippen LogP contribution in [0.3, 0.4) is 0 Å². The van der Waals surface area contributed by atoms with Crippen molar-refractivity contribution in [3.05, 3.63) is 53.1 Å². The molecule has 88 valence electrons. The summed E-state index contributed by atoms with van der Waals surface area (Å²) in [5, 5.41) is 0.550. The van der Waals surface area contributed by atoms with E-state index in [0.717, 1.165) is 11.1 Å². The summed E-state index contributed by atoms with van der Waals surface area (Å²) in [6.45, 7) is 1.86. The second-order valence-electron chi connectivity index (χ2n) is 3.88. The summed E-state index contributed by atoms with van der Waals surface area (Å²) in [6, 6.07) is 6.83. The van der Waals surface area contributed by atoms with Gasteiger partial charge in [-0.05, 0) is 30.2 Å². The molecule has 2 nitrogen and oxygen atoms in total. The topological polar surface area (TPSA) is 38.9 Å². The van der Waals surface area contributed by atoms with Crippen molar-refractivity contribution in [2.75, 3.05) is 0 Å². The minimum Gasteiger partial charge on any atom is -0.324 e. The van der Waals surface area contributed by atoms with Crippen LogP contribution in [0.5, 0.6) is 0 Å². The van der Waals surface area contributed by atoms with Gasteiger partial charge in [0.15, 0.2) is 0 Å². The van der Waals surface area contributed by atoms with Crippen molar-refractivity contribution >= 4 is 11.6 Å². The van der Waals surface area contributed by atoms with Gasteiger partial charge < -0.3 is 5.73 Å². The Bertz CT molecular complexity index is 541. The predicted octanol–water partition coefficient (Wildman–Crippen LogP) is 3.56. The van der Waals surface area contributed by atoms with Crippen LogP contribution in [0.2, 0.25) is 5.02 Å². The molecule has 0 aliphatic rings. The van der Waals surface area contributed by atoms with E-state index in [0.29, 0.717) is 10.6 Å². The summed E-state index contributed by atoms with van der Waals surface area (Å²) in [6.07, 6.45) is 2.73. The third-order valence-corrected chi connectivity index (χ3v) is 2.90.